The number of carbonyl (C=O) groups excluding carboxylic acids is 2. The van der Waals surface area contributed by atoms with Gasteiger partial charge in [-0.15, -0.1) is 0 Å². The molecule has 1 aliphatic rings. The van der Waals surface area contributed by atoms with Crippen LogP contribution in [-0.2, 0) is 14.3 Å². The van der Waals surface area contributed by atoms with E-state index in [2.05, 4.69) is 15.1 Å². The van der Waals surface area contributed by atoms with E-state index in [9.17, 15) is 9.59 Å². The Hall–Kier alpha value is -1.18. The van der Waals surface area contributed by atoms with Crippen LogP contribution in [0.25, 0.3) is 0 Å². The predicted molar refractivity (Wildman–Crippen MR) is 81.1 cm³/mol. The highest BCUT2D eigenvalue weighted by molar-refractivity contribution is 5.81. The van der Waals surface area contributed by atoms with Crippen molar-refractivity contribution < 1.29 is 14.3 Å². The fourth-order valence-corrected chi connectivity index (χ4v) is 2.39. The van der Waals surface area contributed by atoms with E-state index in [0.717, 1.165) is 26.2 Å². The molecule has 1 fully saturated rings. The molecule has 0 radical (unpaired) electrons. The Bertz CT molecular complexity index is 341. The number of rotatable bonds is 7. The number of amides is 2. The summed E-state index contributed by atoms with van der Waals surface area (Å²) in [5.74, 6) is 0.152. The first kappa shape index (κ1) is 17.9. The van der Waals surface area contributed by atoms with Gasteiger partial charge >= 0.3 is 0 Å². The molecule has 1 heterocycles. The molecule has 0 aromatic carbocycles. The summed E-state index contributed by atoms with van der Waals surface area (Å²) in [4.78, 5) is 29.6. The van der Waals surface area contributed by atoms with Crippen LogP contribution in [0.4, 0.5) is 0 Å². The number of piperazine rings is 1. The van der Waals surface area contributed by atoms with Gasteiger partial charge in [-0.2, -0.15) is 0 Å². The van der Waals surface area contributed by atoms with Gasteiger partial charge in [0.2, 0.25) is 11.8 Å². The Labute approximate surface area is 127 Å². The second-order valence-corrected chi connectivity index (χ2v) is 5.56. The molecule has 7 nitrogen and oxygen atoms in total. The molecule has 0 aliphatic carbocycles. The lowest BCUT2D eigenvalue weighted by Crippen LogP contribution is -2.55. The smallest absolute Gasteiger partial charge is 0.239 e. The molecule has 0 aromatic rings. The number of likely N-dealkylation sites (N-methyl/N-ethyl adjacent to an activating group) is 1. The Morgan fingerprint density at radius 2 is 1.86 bits per heavy atom. The summed E-state index contributed by atoms with van der Waals surface area (Å²) in [6.07, 6.45) is 0. The number of ether oxygens (including phenoxy) is 1. The summed E-state index contributed by atoms with van der Waals surface area (Å²) in [6, 6.07) is -0.0994. The lowest BCUT2D eigenvalue weighted by molar-refractivity contribution is -0.135. The van der Waals surface area contributed by atoms with Gasteiger partial charge < -0.3 is 15.0 Å². The Balaban J connectivity index is 2.29. The molecule has 0 aromatic heterocycles. The first-order chi connectivity index (χ1) is 9.95. The molecule has 1 N–H and O–H groups in total. The molecule has 21 heavy (non-hydrogen) atoms. The lowest BCUT2D eigenvalue weighted by atomic mass is 10.2. The quantitative estimate of drug-likeness (QED) is 0.601. The van der Waals surface area contributed by atoms with Crippen molar-refractivity contribution in [2.75, 3.05) is 67.1 Å². The summed E-state index contributed by atoms with van der Waals surface area (Å²) in [6.45, 7) is 6.67. The second kappa shape index (κ2) is 8.96. The molecule has 1 saturated heterocycles. The number of nitrogens with one attached hydrogen (secondary N) is 1. The average Bonchev–Trinajstić information content (AvgIpc) is 2.46. The van der Waals surface area contributed by atoms with E-state index in [1.54, 1.807) is 26.1 Å². The van der Waals surface area contributed by atoms with Crippen molar-refractivity contribution in [2.24, 2.45) is 0 Å². The minimum Gasteiger partial charge on any atom is -0.383 e. The van der Waals surface area contributed by atoms with E-state index >= 15 is 0 Å². The lowest BCUT2D eigenvalue weighted by Gasteiger charge is -2.37. The minimum atomic E-state index is -0.0994. The highest BCUT2D eigenvalue weighted by Gasteiger charge is 2.26. The molecule has 2 amide bonds. The number of hydrogen-bond acceptors (Lipinski definition) is 5. The normalized spacial score (nSPS) is 18.3. The van der Waals surface area contributed by atoms with Crippen LogP contribution in [0.5, 0.6) is 0 Å². The van der Waals surface area contributed by atoms with Crippen LogP contribution < -0.4 is 5.32 Å². The van der Waals surface area contributed by atoms with Crippen LogP contribution in [-0.4, -0.2) is 99.6 Å². The fourth-order valence-electron chi connectivity index (χ4n) is 2.39. The molecule has 1 unspecified atom stereocenters. The molecule has 1 rings (SSSR count). The van der Waals surface area contributed by atoms with Gasteiger partial charge in [0, 0.05) is 53.9 Å². The molecular formula is C14H28N4O3. The SMILES string of the molecule is COCCNC(=O)CN1CCN(C(C)C(=O)N(C)C)CC1. The van der Waals surface area contributed by atoms with E-state index < -0.39 is 0 Å². The number of carbonyl (C=O) groups is 2. The third-order valence-electron chi connectivity index (χ3n) is 3.75. The molecule has 0 saturated carbocycles. The third-order valence-corrected chi connectivity index (χ3v) is 3.75. The standard InChI is InChI=1S/C14H28N4O3/c1-12(14(20)16(2)3)18-8-6-17(7-9-18)11-13(19)15-5-10-21-4/h12H,5-11H2,1-4H3,(H,15,19). The summed E-state index contributed by atoms with van der Waals surface area (Å²) in [7, 11) is 5.17. The topological polar surface area (TPSA) is 65.1 Å². The second-order valence-electron chi connectivity index (χ2n) is 5.56. The van der Waals surface area contributed by atoms with Crippen LogP contribution in [0.3, 0.4) is 0 Å². The van der Waals surface area contributed by atoms with Gasteiger partial charge in [-0.1, -0.05) is 0 Å². The zero-order chi connectivity index (χ0) is 15.8. The van der Waals surface area contributed by atoms with E-state index in [1.807, 2.05) is 6.92 Å². The first-order valence-corrected chi connectivity index (χ1v) is 7.39. The van der Waals surface area contributed by atoms with Gasteiger partial charge in [0.05, 0.1) is 19.2 Å². The zero-order valence-electron chi connectivity index (χ0n) is 13.6. The zero-order valence-corrected chi connectivity index (χ0v) is 13.6. The van der Waals surface area contributed by atoms with Gasteiger partial charge in [-0.25, -0.2) is 0 Å². The van der Waals surface area contributed by atoms with Crippen LogP contribution in [0.1, 0.15) is 6.92 Å². The molecular weight excluding hydrogens is 272 g/mol. The molecule has 0 bridgehead atoms. The van der Waals surface area contributed by atoms with Crippen molar-refractivity contribution in [3.05, 3.63) is 0 Å². The van der Waals surface area contributed by atoms with Gasteiger partial charge in [-0.05, 0) is 6.92 Å². The van der Waals surface area contributed by atoms with E-state index in [0.29, 0.717) is 19.7 Å². The van der Waals surface area contributed by atoms with Crippen molar-refractivity contribution in [2.45, 2.75) is 13.0 Å². The summed E-state index contributed by atoms with van der Waals surface area (Å²) < 4.78 is 4.89. The van der Waals surface area contributed by atoms with Gasteiger partial charge in [-0.3, -0.25) is 19.4 Å². The maximum Gasteiger partial charge on any atom is 0.239 e. The molecule has 1 aliphatic heterocycles. The molecule has 1 atom stereocenters. The Morgan fingerprint density at radius 1 is 1.24 bits per heavy atom. The summed E-state index contributed by atoms with van der Waals surface area (Å²) in [5.41, 5.74) is 0. The maximum atomic E-state index is 11.9. The van der Waals surface area contributed by atoms with Crippen LogP contribution >= 0.6 is 0 Å². The van der Waals surface area contributed by atoms with E-state index in [4.69, 9.17) is 4.74 Å². The predicted octanol–water partition coefficient (Wildman–Crippen LogP) is -1.16. The number of hydrogen-bond donors (Lipinski definition) is 1. The van der Waals surface area contributed by atoms with Crippen molar-refractivity contribution in [1.82, 2.24) is 20.0 Å². The van der Waals surface area contributed by atoms with Gasteiger partial charge in [0.25, 0.3) is 0 Å². The van der Waals surface area contributed by atoms with Gasteiger partial charge in [0.1, 0.15) is 0 Å². The van der Waals surface area contributed by atoms with Crippen molar-refractivity contribution in [3.8, 4) is 0 Å². The molecule has 122 valence electrons. The Kier molecular flexibility index (Phi) is 7.63. The highest BCUT2D eigenvalue weighted by Crippen LogP contribution is 2.07. The fraction of sp³-hybridized carbons (Fsp3) is 0.857. The van der Waals surface area contributed by atoms with Crippen molar-refractivity contribution in [1.29, 1.82) is 0 Å². The van der Waals surface area contributed by atoms with E-state index in [1.165, 1.54) is 0 Å². The van der Waals surface area contributed by atoms with Crippen LogP contribution in [0.15, 0.2) is 0 Å². The number of methoxy groups -OCH3 is 1. The third kappa shape index (κ3) is 5.99. The van der Waals surface area contributed by atoms with Crippen molar-refractivity contribution >= 4 is 11.8 Å². The highest BCUT2D eigenvalue weighted by atomic mass is 16.5. The molecule has 0 spiro atoms. The summed E-state index contributed by atoms with van der Waals surface area (Å²) >= 11 is 0. The van der Waals surface area contributed by atoms with Gasteiger partial charge in [0.15, 0.2) is 0 Å². The summed E-state index contributed by atoms with van der Waals surface area (Å²) in [5, 5.41) is 2.82. The number of nitrogens with zero attached hydrogens (tertiary/aromatic N) is 3. The van der Waals surface area contributed by atoms with Crippen molar-refractivity contribution in [3.63, 3.8) is 0 Å². The maximum absolute atomic E-state index is 11.9. The Morgan fingerprint density at radius 3 is 2.38 bits per heavy atom. The molecule has 7 heteroatoms. The average molecular weight is 300 g/mol. The van der Waals surface area contributed by atoms with Crippen LogP contribution in [0, 0.1) is 0 Å². The first-order valence-electron chi connectivity index (χ1n) is 7.39. The largest absolute Gasteiger partial charge is 0.383 e. The minimum absolute atomic E-state index is 0.0258. The van der Waals surface area contributed by atoms with E-state index in [-0.39, 0.29) is 17.9 Å². The monoisotopic (exact) mass is 300 g/mol. The van der Waals surface area contributed by atoms with Crippen LogP contribution in [0.2, 0.25) is 0 Å².